The maximum Gasteiger partial charge on any atom is 0.308 e. The number of rotatable bonds is 5. The number of carboxylic acids is 1. The van der Waals surface area contributed by atoms with Crippen LogP contribution in [0.15, 0.2) is 24.3 Å². The first-order valence-electron chi connectivity index (χ1n) is 6.37. The van der Waals surface area contributed by atoms with Crippen LogP contribution in [-0.2, 0) is 11.2 Å². The third-order valence-electron chi connectivity index (χ3n) is 2.88. The first-order valence-corrected chi connectivity index (χ1v) is 7.18. The molecule has 0 saturated carbocycles. The van der Waals surface area contributed by atoms with E-state index < -0.39 is 5.97 Å². The summed E-state index contributed by atoms with van der Waals surface area (Å²) in [5.74, 6) is 0.228. The fourth-order valence-corrected chi connectivity index (χ4v) is 2.93. The van der Waals surface area contributed by atoms with Gasteiger partial charge in [-0.15, -0.1) is 11.3 Å². The molecule has 0 amide bonds. The van der Waals surface area contributed by atoms with Gasteiger partial charge in [-0.2, -0.15) is 0 Å². The van der Waals surface area contributed by atoms with Gasteiger partial charge in [-0.3, -0.25) is 4.79 Å². The van der Waals surface area contributed by atoms with Crippen molar-refractivity contribution < 1.29 is 14.6 Å². The maximum absolute atomic E-state index is 11.0. The molecule has 1 aromatic carbocycles. The molecular weight excluding hydrogens is 274 g/mol. The minimum Gasteiger partial charge on any atom is -0.497 e. The van der Waals surface area contributed by atoms with Gasteiger partial charge in [0.05, 0.1) is 24.2 Å². The number of aliphatic carboxylic acids is 1. The quantitative estimate of drug-likeness (QED) is 0.915. The Morgan fingerprint density at radius 1 is 1.35 bits per heavy atom. The summed E-state index contributed by atoms with van der Waals surface area (Å²) in [5.41, 5.74) is 1.69. The van der Waals surface area contributed by atoms with E-state index in [0.717, 1.165) is 26.9 Å². The van der Waals surface area contributed by atoms with Gasteiger partial charge in [-0.05, 0) is 24.3 Å². The summed E-state index contributed by atoms with van der Waals surface area (Å²) in [6.45, 7) is 4.11. The van der Waals surface area contributed by atoms with Gasteiger partial charge < -0.3 is 9.84 Å². The van der Waals surface area contributed by atoms with Crippen LogP contribution in [0.1, 0.15) is 29.7 Å². The Bertz CT molecular complexity index is 602. The van der Waals surface area contributed by atoms with Gasteiger partial charge in [-0.1, -0.05) is 13.8 Å². The van der Waals surface area contributed by atoms with E-state index in [1.807, 2.05) is 24.3 Å². The van der Waals surface area contributed by atoms with Gasteiger partial charge >= 0.3 is 5.97 Å². The third kappa shape index (κ3) is 3.17. The van der Waals surface area contributed by atoms with Gasteiger partial charge in [0.2, 0.25) is 0 Å². The third-order valence-corrected chi connectivity index (χ3v) is 4.24. The van der Waals surface area contributed by atoms with Crippen molar-refractivity contribution in [3.63, 3.8) is 0 Å². The smallest absolute Gasteiger partial charge is 0.308 e. The Morgan fingerprint density at radius 3 is 2.50 bits per heavy atom. The molecule has 1 aromatic heterocycles. The van der Waals surface area contributed by atoms with Gasteiger partial charge in [0.25, 0.3) is 0 Å². The zero-order chi connectivity index (χ0) is 14.7. The van der Waals surface area contributed by atoms with Crippen LogP contribution in [0.2, 0.25) is 0 Å². The number of benzene rings is 1. The summed E-state index contributed by atoms with van der Waals surface area (Å²) < 4.78 is 5.13. The highest BCUT2D eigenvalue weighted by Crippen LogP contribution is 2.32. The molecular formula is C15H17NO3S. The lowest BCUT2D eigenvalue weighted by Gasteiger charge is -2.03. The molecule has 4 nitrogen and oxygen atoms in total. The number of carboxylic acid groups (broad SMARTS) is 1. The van der Waals surface area contributed by atoms with E-state index in [-0.39, 0.29) is 6.42 Å². The highest BCUT2D eigenvalue weighted by molar-refractivity contribution is 7.12. The van der Waals surface area contributed by atoms with E-state index in [2.05, 4.69) is 18.8 Å². The van der Waals surface area contributed by atoms with Gasteiger partial charge in [0, 0.05) is 16.4 Å². The fraction of sp³-hybridized carbons (Fsp3) is 0.333. The SMILES string of the molecule is COc1ccc(-c2nc(C(C)C)sc2CC(=O)O)cc1. The number of hydrogen-bond acceptors (Lipinski definition) is 4. The van der Waals surface area contributed by atoms with Crippen LogP contribution in [-0.4, -0.2) is 23.2 Å². The fourth-order valence-electron chi connectivity index (χ4n) is 1.85. The standard InChI is InChI=1S/C15H17NO3S/c1-9(2)15-16-14(12(20-15)8-13(17)18)10-4-6-11(19-3)7-5-10/h4-7,9H,8H2,1-3H3,(H,17,18). The van der Waals surface area contributed by atoms with Crippen molar-refractivity contribution in [3.05, 3.63) is 34.2 Å². The summed E-state index contributed by atoms with van der Waals surface area (Å²) in [6, 6.07) is 7.52. The number of thiazole rings is 1. The predicted octanol–water partition coefficient (Wildman–Crippen LogP) is 3.57. The van der Waals surface area contributed by atoms with Gasteiger partial charge in [0.1, 0.15) is 5.75 Å². The number of ether oxygens (including phenoxy) is 1. The number of methoxy groups -OCH3 is 1. The minimum atomic E-state index is -0.835. The van der Waals surface area contributed by atoms with Crippen molar-refractivity contribution in [1.29, 1.82) is 0 Å². The van der Waals surface area contributed by atoms with Gasteiger partial charge in [-0.25, -0.2) is 4.98 Å². The largest absolute Gasteiger partial charge is 0.497 e. The van der Waals surface area contributed by atoms with Crippen molar-refractivity contribution in [1.82, 2.24) is 4.98 Å². The molecule has 0 aliphatic rings. The van der Waals surface area contributed by atoms with Crippen LogP contribution in [0.5, 0.6) is 5.75 Å². The van der Waals surface area contributed by atoms with Crippen molar-refractivity contribution in [2.45, 2.75) is 26.2 Å². The molecule has 0 radical (unpaired) electrons. The monoisotopic (exact) mass is 291 g/mol. The number of carbonyl (C=O) groups is 1. The summed E-state index contributed by atoms with van der Waals surface area (Å²) in [5, 5.41) is 9.99. The molecule has 2 rings (SSSR count). The topological polar surface area (TPSA) is 59.4 Å². The normalized spacial score (nSPS) is 10.8. The highest BCUT2D eigenvalue weighted by atomic mass is 32.1. The second kappa shape index (κ2) is 6.05. The van der Waals surface area contributed by atoms with E-state index in [1.54, 1.807) is 7.11 Å². The Balaban J connectivity index is 2.43. The molecule has 0 fully saturated rings. The van der Waals surface area contributed by atoms with E-state index in [0.29, 0.717) is 5.92 Å². The lowest BCUT2D eigenvalue weighted by atomic mass is 10.1. The van der Waals surface area contributed by atoms with Crippen molar-refractivity contribution >= 4 is 17.3 Å². The summed E-state index contributed by atoms with van der Waals surface area (Å²) in [4.78, 5) is 16.4. The lowest BCUT2D eigenvalue weighted by molar-refractivity contribution is -0.136. The summed E-state index contributed by atoms with van der Waals surface area (Å²) >= 11 is 1.48. The second-order valence-corrected chi connectivity index (χ2v) is 5.89. The molecule has 0 saturated heterocycles. The van der Waals surface area contributed by atoms with Crippen LogP contribution in [0.25, 0.3) is 11.3 Å². The average Bonchev–Trinajstić information content (AvgIpc) is 2.82. The molecule has 106 valence electrons. The first kappa shape index (κ1) is 14.5. The molecule has 0 spiro atoms. The van der Waals surface area contributed by atoms with Crippen LogP contribution in [0.3, 0.4) is 0 Å². The molecule has 0 aliphatic heterocycles. The number of aromatic nitrogens is 1. The Morgan fingerprint density at radius 2 is 2.00 bits per heavy atom. The first-order chi connectivity index (χ1) is 9.51. The Labute approximate surface area is 122 Å². The van der Waals surface area contributed by atoms with Crippen LogP contribution in [0.4, 0.5) is 0 Å². The Hall–Kier alpha value is -1.88. The van der Waals surface area contributed by atoms with E-state index in [9.17, 15) is 4.79 Å². The Kier molecular flexibility index (Phi) is 4.39. The van der Waals surface area contributed by atoms with Crippen molar-refractivity contribution in [2.24, 2.45) is 0 Å². The van der Waals surface area contributed by atoms with E-state index in [4.69, 9.17) is 9.84 Å². The minimum absolute atomic E-state index is 0.00570. The van der Waals surface area contributed by atoms with E-state index >= 15 is 0 Å². The van der Waals surface area contributed by atoms with E-state index in [1.165, 1.54) is 11.3 Å². The number of nitrogens with zero attached hydrogens (tertiary/aromatic N) is 1. The molecule has 0 bridgehead atoms. The molecule has 2 aromatic rings. The highest BCUT2D eigenvalue weighted by Gasteiger charge is 2.17. The zero-order valence-electron chi connectivity index (χ0n) is 11.7. The second-order valence-electron chi connectivity index (χ2n) is 4.78. The maximum atomic E-state index is 11.0. The molecule has 1 N–H and O–H groups in total. The molecule has 0 unspecified atom stereocenters. The predicted molar refractivity (Wildman–Crippen MR) is 79.5 cm³/mol. The molecule has 0 aliphatic carbocycles. The lowest BCUT2D eigenvalue weighted by Crippen LogP contribution is -1.99. The van der Waals surface area contributed by atoms with Crippen LogP contribution in [0, 0.1) is 0 Å². The molecule has 20 heavy (non-hydrogen) atoms. The molecule has 1 heterocycles. The van der Waals surface area contributed by atoms with Crippen molar-refractivity contribution in [3.8, 4) is 17.0 Å². The van der Waals surface area contributed by atoms with Crippen molar-refractivity contribution in [2.75, 3.05) is 7.11 Å². The summed E-state index contributed by atoms with van der Waals surface area (Å²) in [6.07, 6.45) is 0.00570. The number of hydrogen-bond donors (Lipinski definition) is 1. The molecule has 0 atom stereocenters. The zero-order valence-corrected chi connectivity index (χ0v) is 12.5. The molecule has 5 heteroatoms. The average molecular weight is 291 g/mol. The van der Waals surface area contributed by atoms with Gasteiger partial charge in [0.15, 0.2) is 0 Å². The van der Waals surface area contributed by atoms with Crippen LogP contribution < -0.4 is 4.74 Å². The van der Waals surface area contributed by atoms with Crippen LogP contribution >= 0.6 is 11.3 Å². The summed E-state index contributed by atoms with van der Waals surface area (Å²) in [7, 11) is 1.62.